The smallest absolute Gasteiger partial charge is 0.266 e. The van der Waals surface area contributed by atoms with Gasteiger partial charge < -0.3 is 14.8 Å². The van der Waals surface area contributed by atoms with Crippen LogP contribution in [0.1, 0.15) is 11.1 Å². The number of nitriles is 1. The average molecular weight is 528 g/mol. The lowest BCUT2D eigenvalue weighted by molar-refractivity contribution is -0.112. The summed E-state index contributed by atoms with van der Waals surface area (Å²) < 4.78 is 25.4. The number of nitrogens with one attached hydrogen (secondary N) is 1. The zero-order valence-electron chi connectivity index (χ0n) is 16.6. The molecule has 0 unspecified atom stereocenters. The number of ether oxygens (including phenoxy) is 2. The number of para-hydroxylation sites is 1. The van der Waals surface area contributed by atoms with Crippen molar-refractivity contribution in [2.45, 2.75) is 6.61 Å². The third kappa shape index (κ3) is 6.06. The number of benzene rings is 3. The summed E-state index contributed by atoms with van der Waals surface area (Å²) in [4.78, 5) is 12.5. The molecule has 31 heavy (non-hydrogen) atoms. The SMILES string of the molecule is COc1cc(/C=C(/C#N)C(=O)Nc2ccccc2)cc(I)c1OCc1cccc(F)c1. The monoisotopic (exact) mass is 528 g/mol. The molecule has 0 saturated carbocycles. The van der Waals surface area contributed by atoms with E-state index in [1.165, 1.54) is 25.3 Å². The number of hydrogen-bond acceptors (Lipinski definition) is 4. The lowest BCUT2D eigenvalue weighted by atomic mass is 10.1. The molecule has 0 spiro atoms. The van der Waals surface area contributed by atoms with Crippen molar-refractivity contribution in [2.24, 2.45) is 0 Å². The van der Waals surface area contributed by atoms with Gasteiger partial charge in [0.25, 0.3) is 5.91 Å². The fourth-order valence-corrected chi connectivity index (χ4v) is 3.56. The third-order valence-electron chi connectivity index (χ3n) is 4.23. The number of halogens is 2. The summed E-state index contributed by atoms with van der Waals surface area (Å²) in [7, 11) is 1.50. The quantitative estimate of drug-likeness (QED) is 0.248. The normalized spacial score (nSPS) is 10.8. The van der Waals surface area contributed by atoms with Gasteiger partial charge in [0.15, 0.2) is 11.5 Å². The highest BCUT2D eigenvalue weighted by Gasteiger charge is 2.14. The molecule has 7 heteroatoms. The van der Waals surface area contributed by atoms with Crippen molar-refractivity contribution in [1.82, 2.24) is 0 Å². The van der Waals surface area contributed by atoms with E-state index in [1.807, 2.05) is 12.1 Å². The first-order valence-corrected chi connectivity index (χ1v) is 10.3. The van der Waals surface area contributed by atoms with E-state index in [4.69, 9.17) is 9.47 Å². The summed E-state index contributed by atoms with van der Waals surface area (Å²) >= 11 is 2.09. The van der Waals surface area contributed by atoms with Crippen LogP contribution >= 0.6 is 22.6 Å². The fraction of sp³-hybridized carbons (Fsp3) is 0.0833. The largest absolute Gasteiger partial charge is 0.493 e. The average Bonchev–Trinajstić information content (AvgIpc) is 2.77. The second-order valence-electron chi connectivity index (χ2n) is 6.44. The van der Waals surface area contributed by atoms with Gasteiger partial charge in [0.2, 0.25) is 0 Å². The van der Waals surface area contributed by atoms with E-state index in [9.17, 15) is 14.4 Å². The Balaban J connectivity index is 1.82. The van der Waals surface area contributed by atoms with Gasteiger partial charge in [0, 0.05) is 5.69 Å². The van der Waals surface area contributed by atoms with Crippen molar-refractivity contribution in [1.29, 1.82) is 5.26 Å². The predicted octanol–water partition coefficient (Wildman–Crippen LogP) is 5.56. The summed E-state index contributed by atoms with van der Waals surface area (Å²) in [6, 6.07) is 20.4. The Hall–Kier alpha value is -3.38. The molecule has 3 aromatic carbocycles. The van der Waals surface area contributed by atoms with Crippen molar-refractivity contribution in [3.63, 3.8) is 0 Å². The van der Waals surface area contributed by atoms with Crippen LogP contribution in [-0.4, -0.2) is 13.0 Å². The molecule has 0 aromatic heterocycles. The predicted molar refractivity (Wildman–Crippen MR) is 125 cm³/mol. The van der Waals surface area contributed by atoms with Gasteiger partial charge in [-0.15, -0.1) is 0 Å². The van der Waals surface area contributed by atoms with E-state index in [-0.39, 0.29) is 18.0 Å². The topological polar surface area (TPSA) is 71.3 Å². The van der Waals surface area contributed by atoms with E-state index in [0.717, 1.165) is 3.57 Å². The number of carbonyl (C=O) groups excluding carboxylic acids is 1. The minimum atomic E-state index is -0.505. The number of carbonyl (C=O) groups is 1. The van der Waals surface area contributed by atoms with Crippen LogP contribution in [0.2, 0.25) is 0 Å². The molecule has 0 atom stereocenters. The summed E-state index contributed by atoms with van der Waals surface area (Å²) in [6.07, 6.45) is 1.49. The summed E-state index contributed by atoms with van der Waals surface area (Å²) in [5.74, 6) is 0.0993. The van der Waals surface area contributed by atoms with E-state index < -0.39 is 5.91 Å². The van der Waals surface area contributed by atoms with Crippen LogP contribution < -0.4 is 14.8 Å². The van der Waals surface area contributed by atoms with Gasteiger partial charge in [-0.1, -0.05) is 30.3 Å². The van der Waals surface area contributed by atoms with Crippen LogP contribution in [0, 0.1) is 20.7 Å². The van der Waals surface area contributed by atoms with Gasteiger partial charge in [-0.3, -0.25) is 4.79 Å². The highest BCUT2D eigenvalue weighted by molar-refractivity contribution is 14.1. The maximum atomic E-state index is 13.4. The van der Waals surface area contributed by atoms with Crippen molar-refractivity contribution in [3.8, 4) is 17.6 Å². The molecule has 0 heterocycles. The molecule has 0 aliphatic heterocycles. The third-order valence-corrected chi connectivity index (χ3v) is 5.03. The molecule has 0 aliphatic carbocycles. The number of nitrogens with zero attached hydrogens (tertiary/aromatic N) is 1. The van der Waals surface area contributed by atoms with Crippen LogP contribution in [0.4, 0.5) is 10.1 Å². The van der Waals surface area contributed by atoms with Crippen LogP contribution in [-0.2, 0) is 11.4 Å². The Morgan fingerprint density at radius 1 is 1.16 bits per heavy atom. The molecular weight excluding hydrogens is 510 g/mol. The Morgan fingerprint density at radius 3 is 2.61 bits per heavy atom. The van der Waals surface area contributed by atoms with Crippen LogP contribution in [0.25, 0.3) is 6.08 Å². The van der Waals surface area contributed by atoms with Gasteiger partial charge >= 0.3 is 0 Å². The Morgan fingerprint density at radius 2 is 1.94 bits per heavy atom. The molecular formula is C24H18FIN2O3. The van der Waals surface area contributed by atoms with Crippen molar-refractivity contribution in [2.75, 3.05) is 12.4 Å². The first kappa shape index (κ1) is 22.3. The molecule has 3 rings (SSSR count). The molecule has 156 valence electrons. The fourth-order valence-electron chi connectivity index (χ4n) is 2.78. The molecule has 0 bridgehead atoms. The highest BCUT2D eigenvalue weighted by atomic mass is 127. The first-order chi connectivity index (χ1) is 15.0. The molecule has 3 aromatic rings. The summed E-state index contributed by atoms with van der Waals surface area (Å²) in [5, 5.41) is 12.1. The van der Waals surface area contributed by atoms with Crippen LogP contribution in [0.3, 0.4) is 0 Å². The molecule has 0 aliphatic rings. The lowest BCUT2D eigenvalue weighted by Gasteiger charge is -2.14. The van der Waals surface area contributed by atoms with Crippen LogP contribution in [0.15, 0.2) is 72.3 Å². The minimum Gasteiger partial charge on any atom is -0.493 e. The van der Waals surface area contributed by atoms with Crippen LogP contribution in [0.5, 0.6) is 11.5 Å². The van der Waals surface area contributed by atoms with Crippen molar-refractivity contribution < 1.29 is 18.7 Å². The van der Waals surface area contributed by atoms with Gasteiger partial charge in [-0.25, -0.2) is 4.39 Å². The number of anilines is 1. The highest BCUT2D eigenvalue weighted by Crippen LogP contribution is 2.35. The number of methoxy groups -OCH3 is 1. The first-order valence-electron chi connectivity index (χ1n) is 9.23. The van der Waals surface area contributed by atoms with Gasteiger partial charge in [-0.2, -0.15) is 5.26 Å². The Labute approximate surface area is 193 Å². The number of hydrogen-bond donors (Lipinski definition) is 1. The Bertz CT molecular complexity index is 1160. The summed E-state index contributed by atoms with van der Waals surface area (Å²) in [6.45, 7) is 0.169. The van der Waals surface area contributed by atoms with Gasteiger partial charge in [0.05, 0.1) is 10.7 Å². The van der Waals surface area contributed by atoms with E-state index in [0.29, 0.717) is 28.3 Å². The van der Waals surface area contributed by atoms with E-state index in [2.05, 4.69) is 27.9 Å². The number of amides is 1. The van der Waals surface area contributed by atoms with Crippen molar-refractivity contribution >= 4 is 40.3 Å². The molecule has 0 fully saturated rings. The second kappa shape index (κ2) is 10.6. The van der Waals surface area contributed by atoms with Gasteiger partial charge in [-0.05, 0) is 76.2 Å². The van der Waals surface area contributed by atoms with E-state index in [1.54, 1.807) is 48.5 Å². The standard InChI is InChI=1S/C24H18FIN2O3/c1-30-22-13-17(10-18(14-27)24(29)28-20-8-3-2-4-9-20)12-21(26)23(22)31-15-16-6-5-7-19(25)11-16/h2-13H,15H2,1H3,(H,28,29)/b18-10-. The Kier molecular flexibility index (Phi) is 7.62. The van der Waals surface area contributed by atoms with Gasteiger partial charge in [0.1, 0.15) is 24.1 Å². The maximum Gasteiger partial charge on any atom is 0.266 e. The van der Waals surface area contributed by atoms with Crippen molar-refractivity contribution in [3.05, 3.63) is 92.8 Å². The zero-order valence-corrected chi connectivity index (χ0v) is 18.7. The second-order valence-corrected chi connectivity index (χ2v) is 7.60. The van der Waals surface area contributed by atoms with E-state index >= 15 is 0 Å². The molecule has 0 saturated heterocycles. The maximum absolute atomic E-state index is 13.4. The zero-order chi connectivity index (χ0) is 22.2. The summed E-state index contributed by atoms with van der Waals surface area (Å²) in [5.41, 5.74) is 1.85. The molecule has 1 amide bonds. The number of rotatable bonds is 7. The molecule has 1 N–H and O–H groups in total. The molecule has 5 nitrogen and oxygen atoms in total. The minimum absolute atomic E-state index is 0.0462. The molecule has 0 radical (unpaired) electrons. The lowest BCUT2D eigenvalue weighted by Crippen LogP contribution is -2.13.